The van der Waals surface area contributed by atoms with E-state index in [1.54, 1.807) is 11.3 Å². The predicted octanol–water partition coefficient (Wildman–Crippen LogP) is 2.06. The van der Waals surface area contributed by atoms with Gasteiger partial charge in [0.05, 0.1) is 11.4 Å². The molecule has 0 bridgehead atoms. The molecule has 0 radical (unpaired) electrons. The highest BCUT2D eigenvalue weighted by molar-refractivity contribution is 7.13. The molecule has 0 saturated carbocycles. The van der Waals surface area contributed by atoms with E-state index in [2.05, 4.69) is 36.4 Å². The summed E-state index contributed by atoms with van der Waals surface area (Å²) in [6.07, 6.45) is 0. The molecule has 0 aromatic carbocycles. The lowest BCUT2D eigenvalue weighted by Crippen LogP contribution is -2.47. The molecular formula is C15H18N6S. The van der Waals surface area contributed by atoms with Gasteiger partial charge in [-0.1, -0.05) is 0 Å². The van der Waals surface area contributed by atoms with Crippen molar-refractivity contribution in [3.8, 4) is 6.07 Å². The Morgan fingerprint density at radius 1 is 1.09 bits per heavy atom. The number of piperazine rings is 1. The van der Waals surface area contributed by atoms with Gasteiger partial charge in [-0.3, -0.25) is 0 Å². The minimum Gasteiger partial charge on any atom is -0.350 e. The van der Waals surface area contributed by atoms with E-state index in [1.807, 2.05) is 20.8 Å². The number of aromatic nitrogens is 3. The van der Waals surface area contributed by atoms with E-state index in [-0.39, 0.29) is 0 Å². The molecule has 3 heterocycles. The summed E-state index contributed by atoms with van der Waals surface area (Å²) in [5.74, 6) is 0.709. The number of hydrogen-bond acceptors (Lipinski definition) is 7. The number of aryl methyl sites for hydroxylation is 2. The second-order valence-electron chi connectivity index (χ2n) is 5.47. The highest BCUT2D eigenvalue weighted by Gasteiger charge is 2.23. The number of rotatable bonds is 2. The molecule has 0 atom stereocenters. The third-order valence-electron chi connectivity index (χ3n) is 4.00. The Hall–Kier alpha value is -2.20. The van der Waals surface area contributed by atoms with Gasteiger partial charge in [0.25, 0.3) is 0 Å². The Balaban J connectivity index is 1.77. The lowest BCUT2D eigenvalue weighted by Gasteiger charge is -2.35. The lowest BCUT2D eigenvalue weighted by atomic mass is 10.1. The van der Waals surface area contributed by atoms with Gasteiger partial charge >= 0.3 is 0 Å². The highest BCUT2D eigenvalue weighted by Crippen LogP contribution is 2.25. The van der Waals surface area contributed by atoms with Crippen LogP contribution in [0, 0.1) is 32.1 Å². The highest BCUT2D eigenvalue weighted by atomic mass is 32.1. The minimum atomic E-state index is 0.644. The first-order valence-electron chi connectivity index (χ1n) is 7.26. The molecule has 1 aliphatic heterocycles. The minimum absolute atomic E-state index is 0.644. The number of hydrogen-bond donors (Lipinski definition) is 0. The van der Waals surface area contributed by atoms with Gasteiger partial charge in [0.15, 0.2) is 10.9 Å². The van der Waals surface area contributed by atoms with Crippen molar-refractivity contribution >= 4 is 22.3 Å². The molecule has 114 valence electrons. The Labute approximate surface area is 134 Å². The summed E-state index contributed by atoms with van der Waals surface area (Å²) in [5.41, 5.74) is 3.45. The number of nitriles is 1. The summed E-state index contributed by atoms with van der Waals surface area (Å²) in [6, 6.07) is 2.28. The van der Waals surface area contributed by atoms with Crippen LogP contribution in [-0.2, 0) is 0 Å². The molecule has 22 heavy (non-hydrogen) atoms. The van der Waals surface area contributed by atoms with Crippen molar-refractivity contribution in [1.82, 2.24) is 15.2 Å². The molecule has 0 amide bonds. The van der Waals surface area contributed by atoms with Crippen molar-refractivity contribution in [3.63, 3.8) is 0 Å². The van der Waals surface area contributed by atoms with Crippen molar-refractivity contribution in [3.05, 3.63) is 27.9 Å². The average molecular weight is 314 g/mol. The molecule has 1 fully saturated rings. The van der Waals surface area contributed by atoms with Crippen molar-refractivity contribution in [2.24, 2.45) is 0 Å². The number of thiazole rings is 1. The van der Waals surface area contributed by atoms with Gasteiger partial charge in [-0.05, 0) is 26.3 Å². The SMILES string of the molecule is Cc1csc(N2CCN(c3nnc(C)c(C)c3C#N)CC2)n1. The van der Waals surface area contributed by atoms with Gasteiger partial charge in [0.2, 0.25) is 0 Å². The first kappa shape index (κ1) is 14.7. The first-order valence-corrected chi connectivity index (χ1v) is 8.14. The van der Waals surface area contributed by atoms with Crippen LogP contribution in [0.2, 0.25) is 0 Å². The van der Waals surface area contributed by atoms with Crippen LogP contribution >= 0.6 is 11.3 Å². The predicted molar refractivity (Wildman–Crippen MR) is 87.5 cm³/mol. The molecule has 3 rings (SSSR count). The number of anilines is 2. The fourth-order valence-corrected chi connectivity index (χ4v) is 3.40. The molecule has 1 saturated heterocycles. The summed E-state index contributed by atoms with van der Waals surface area (Å²) >= 11 is 1.68. The molecule has 2 aromatic heterocycles. The zero-order chi connectivity index (χ0) is 15.7. The van der Waals surface area contributed by atoms with Crippen LogP contribution in [0.5, 0.6) is 0 Å². The summed E-state index contributed by atoms with van der Waals surface area (Å²) in [5, 5.41) is 21.0. The Morgan fingerprint density at radius 2 is 1.77 bits per heavy atom. The van der Waals surface area contributed by atoms with Crippen molar-refractivity contribution < 1.29 is 0 Å². The largest absolute Gasteiger partial charge is 0.350 e. The van der Waals surface area contributed by atoms with E-state index in [4.69, 9.17) is 0 Å². The fraction of sp³-hybridized carbons (Fsp3) is 0.467. The van der Waals surface area contributed by atoms with E-state index in [0.717, 1.165) is 48.3 Å². The lowest BCUT2D eigenvalue weighted by molar-refractivity contribution is 0.640. The van der Waals surface area contributed by atoms with Gasteiger partial charge < -0.3 is 9.80 Å². The maximum atomic E-state index is 9.42. The van der Waals surface area contributed by atoms with Crippen molar-refractivity contribution in [2.45, 2.75) is 20.8 Å². The third-order valence-corrected chi connectivity index (χ3v) is 5.02. The van der Waals surface area contributed by atoms with E-state index < -0.39 is 0 Å². The van der Waals surface area contributed by atoms with E-state index in [1.165, 1.54) is 0 Å². The van der Waals surface area contributed by atoms with E-state index in [9.17, 15) is 5.26 Å². The summed E-state index contributed by atoms with van der Waals surface area (Å²) in [6.45, 7) is 9.24. The summed E-state index contributed by atoms with van der Waals surface area (Å²) in [4.78, 5) is 8.97. The molecular weight excluding hydrogens is 296 g/mol. The van der Waals surface area contributed by atoms with Gasteiger partial charge in [-0.15, -0.1) is 16.4 Å². The summed E-state index contributed by atoms with van der Waals surface area (Å²) in [7, 11) is 0. The van der Waals surface area contributed by atoms with Crippen LogP contribution in [0.25, 0.3) is 0 Å². The van der Waals surface area contributed by atoms with Gasteiger partial charge in [-0.2, -0.15) is 10.4 Å². The zero-order valence-corrected chi connectivity index (χ0v) is 13.8. The molecule has 0 N–H and O–H groups in total. The fourth-order valence-electron chi connectivity index (χ4n) is 2.55. The normalized spacial score (nSPS) is 15.0. The van der Waals surface area contributed by atoms with Crippen LogP contribution in [0.1, 0.15) is 22.5 Å². The van der Waals surface area contributed by atoms with Crippen LogP contribution in [0.3, 0.4) is 0 Å². The molecule has 7 heteroatoms. The Kier molecular flexibility index (Phi) is 3.94. The van der Waals surface area contributed by atoms with Gasteiger partial charge in [-0.25, -0.2) is 4.98 Å². The molecule has 6 nitrogen and oxygen atoms in total. The van der Waals surface area contributed by atoms with E-state index in [0.29, 0.717) is 11.4 Å². The van der Waals surface area contributed by atoms with Crippen molar-refractivity contribution in [2.75, 3.05) is 36.0 Å². The standard InChI is InChI=1S/C15H18N6S/c1-10-9-22-15(17-10)21-6-4-20(5-7-21)14-13(8-16)11(2)12(3)18-19-14/h9H,4-7H2,1-3H3. The van der Waals surface area contributed by atoms with Crippen LogP contribution in [0.4, 0.5) is 10.9 Å². The molecule has 1 aliphatic rings. The number of nitrogens with zero attached hydrogens (tertiary/aromatic N) is 6. The van der Waals surface area contributed by atoms with Crippen LogP contribution in [0.15, 0.2) is 5.38 Å². The van der Waals surface area contributed by atoms with Crippen molar-refractivity contribution in [1.29, 1.82) is 5.26 Å². The monoisotopic (exact) mass is 314 g/mol. The third kappa shape index (κ3) is 2.62. The quantitative estimate of drug-likeness (QED) is 0.845. The molecule has 0 aliphatic carbocycles. The van der Waals surface area contributed by atoms with Gasteiger partial charge in [0.1, 0.15) is 11.6 Å². The Bertz CT molecular complexity index is 724. The molecule has 0 unspecified atom stereocenters. The van der Waals surface area contributed by atoms with E-state index >= 15 is 0 Å². The molecule has 2 aromatic rings. The molecule has 0 spiro atoms. The maximum Gasteiger partial charge on any atom is 0.185 e. The van der Waals surface area contributed by atoms with Crippen LogP contribution in [-0.4, -0.2) is 41.4 Å². The topological polar surface area (TPSA) is 68.9 Å². The second-order valence-corrected chi connectivity index (χ2v) is 6.30. The maximum absolute atomic E-state index is 9.42. The smallest absolute Gasteiger partial charge is 0.185 e. The Morgan fingerprint density at radius 3 is 2.36 bits per heavy atom. The second kappa shape index (κ2) is 5.89. The average Bonchev–Trinajstić information content (AvgIpc) is 2.96. The first-order chi connectivity index (χ1) is 10.6. The summed E-state index contributed by atoms with van der Waals surface area (Å²) < 4.78 is 0. The van der Waals surface area contributed by atoms with Crippen LogP contribution < -0.4 is 9.80 Å². The van der Waals surface area contributed by atoms with Gasteiger partial charge in [0, 0.05) is 31.6 Å². The zero-order valence-electron chi connectivity index (χ0n) is 13.0.